The first-order valence-electron chi connectivity index (χ1n) is 19.2. The molecule has 0 N–H and O–H groups in total. The van der Waals surface area contributed by atoms with Crippen LogP contribution >= 0.6 is 23.5 Å². The van der Waals surface area contributed by atoms with Gasteiger partial charge in [-0.1, -0.05) is 130 Å². The molecule has 5 aromatic carbocycles. The summed E-state index contributed by atoms with van der Waals surface area (Å²) in [5.41, 5.74) is 5.79. The molecule has 7 rings (SSSR count). The van der Waals surface area contributed by atoms with Crippen LogP contribution in [-0.2, 0) is 0 Å². The summed E-state index contributed by atoms with van der Waals surface area (Å²) in [6, 6.07) is 36.9. The van der Waals surface area contributed by atoms with Crippen LogP contribution in [0.5, 0.6) is 5.75 Å². The molecule has 0 heterocycles. The molecular weight excluding hydrogens is 677 g/mol. The van der Waals surface area contributed by atoms with Crippen LogP contribution in [0.25, 0.3) is 11.1 Å². The van der Waals surface area contributed by atoms with E-state index in [0.29, 0.717) is 34.8 Å². The molecule has 1 saturated carbocycles. The van der Waals surface area contributed by atoms with Crippen LogP contribution < -0.4 is 4.74 Å². The van der Waals surface area contributed by atoms with Gasteiger partial charge in [0.05, 0.1) is 6.61 Å². The summed E-state index contributed by atoms with van der Waals surface area (Å²) >= 11 is 3.04. The van der Waals surface area contributed by atoms with Gasteiger partial charge in [0.1, 0.15) is 5.75 Å². The van der Waals surface area contributed by atoms with E-state index in [0.717, 1.165) is 44.1 Å². The van der Waals surface area contributed by atoms with Gasteiger partial charge in [0.2, 0.25) is 0 Å². The summed E-state index contributed by atoms with van der Waals surface area (Å²) in [7, 11) is 0. The average molecular weight is 725 g/mol. The normalized spacial score (nSPS) is 16.7. The molecule has 0 amide bonds. The Labute approximate surface area is 318 Å². The van der Waals surface area contributed by atoms with Crippen molar-refractivity contribution in [3.05, 3.63) is 137 Å². The van der Waals surface area contributed by atoms with Crippen LogP contribution in [-0.4, -0.2) is 18.2 Å². The van der Waals surface area contributed by atoms with Crippen molar-refractivity contribution in [1.29, 1.82) is 0 Å². The SMILES string of the molecule is CCCCCC1CCC(c2ccc(-c3ccc(Sc4cccc5c4C(=O)c4cccc(Sc6ccc(OCCCC)cc6)c4C5=O)cc3)cc2)CC1. The molecule has 1 fully saturated rings. The van der Waals surface area contributed by atoms with Crippen LogP contribution in [0.2, 0.25) is 0 Å². The number of carbonyl (C=O) groups excluding carboxylic acids is 2. The Morgan fingerprint density at radius 2 is 1.10 bits per heavy atom. The third-order valence-electron chi connectivity index (χ3n) is 10.7. The van der Waals surface area contributed by atoms with Gasteiger partial charge in [0.15, 0.2) is 11.6 Å². The summed E-state index contributed by atoms with van der Waals surface area (Å²) in [6.07, 6.45) is 13.0. The van der Waals surface area contributed by atoms with Gasteiger partial charge < -0.3 is 4.74 Å². The van der Waals surface area contributed by atoms with E-state index in [1.807, 2.05) is 48.5 Å². The van der Waals surface area contributed by atoms with Crippen molar-refractivity contribution < 1.29 is 14.3 Å². The zero-order valence-corrected chi connectivity index (χ0v) is 32.0. The first-order chi connectivity index (χ1) is 25.5. The fourth-order valence-corrected chi connectivity index (χ4v) is 9.63. The monoisotopic (exact) mass is 724 g/mol. The molecule has 0 aromatic heterocycles. The number of unbranched alkanes of at least 4 members (excludes halogenated alkanes) is 3. The van der Waals surface area contributed by atoms with Gasteiger partial charge in [-0.25, -0.2) is 0 Å². The zero-order chi connectivity index (χ0) is 35.9. The molecule has 0 radical (unpaired) electrons. The molecule has 0 aliphatic heterocycles. The molecule has 3 nitrogen and oxygen atoms in total. The van der Waals surface area contributed by atoms with Gasteiger partial charge in [0.25, 0.3) is 0 Å². The Bertz CT molecular complexity index is 1990. The number of hydrogen-bond donors (Lipinski definition) is 0. The standard InChI is InChI=1S/C47H48O3S2/c1-3-5-7-10-32-15-17-33(18-16-32)34-19-21-35(22-20-34)36-23-27-38(28-24-36)51-42-13-8-11-40-44(42)46(48)41-12-9-14-43(45(41)47(40)49)52-39-29-25-37(26-30-39)50-31-6-4-2/h8-9,11-14,19-30,32-33H,3-7,10,15-18,31H2,1-2H3. The second kappa shape index (κ2) is 17.2. The Morgan fingerprint density at radius 3 is 1.63 bits per heavy atom. The Kier molecular flexibility index (Phi) is 12.0. The smallest absolute Gasteiger partial charge is 0.195 e. The van der Waals surface area contributed by atoms with E-state index in [4.69, 9.17) is 4.74 Å². The zero-order valence-electron chi connectivity index (χ0n) is 30.4. The van der Waals surface area contributed by atoms with Gasteiger partial charge >= 0.3 is 0 Å². The Hall–Kier alpha value is -4.06. The van der Waals surface area contributed by atoms with Crippen molar-refractivity contribution in [2.45, 2.75) is 104 Å². The maximum Gasteiger partial charge on any atom is 0.195 e. The van der Waals surface area contributed by atoms with E-state index in [2.05, 4.69) is 62.4 Å². The number of rotatable bonds is 14. The predicted octanol–water partition coefficient (Wildman–Crippen LogP) is 13.5. The topological polar surface area (TPSA) is 43.4 Å². The highest BCUT2D eigenvalue weighted by molar-refractivity contribution is 7.99. The third kappa shape index (κ3) is 8.27. The first-order valence-corrected chi connectivity index (χ1v) is 20.8. The number of ketones is 2. The van der Waals surface area contributed by atoms with Crippen LogP contribution in [0, 0.1) is 5.92 Å². The number of fused-ring (bicyclic) bond motifs is 2. The molecule has 0 saturated heterocycles. The number of carbonyl (C=O) groups is 2. The van der Waals surface area contributed by atoms with Gasteiger partial charge in [-0.05, 0) is 109 Å². The largest absolute Gasteiger partial charge is 0.494 e. The second-order valence-corrected chi connectivity index (χ2v) is 16.5. The van der Waals surface area contributed by atoms with Crippen LogP contribution in [0.3, 0.4) is 0 Å². The van der Waals surface area contributed by atoms with Gasteiger partial charge in [-0.3, -0.25) is 9.59 Å². The van der Waals surface area contributed by atoms with Crippen molar-refractivity contribution in [3.63, 3.8) is 0 Å². The summed E-state index contributed by atoms with van der Waals surface area (Å²) in [5.74, 6) is 2.25. The summed E-state index contributed by atoms with van der Waals surface area (Å²) in [4.78, 5) is 31.8. The lowest BCUT2D eigenvalue weighted by atomic mass is 9.77. The molecule has 0 bridgehead atoms. The van der Waals surface area contributed by atoms with Crippen LogP contribution in [0.1, 0.15) is 121 Å². The molecule has 52 heavy (non-hydrogen) atoms. The van der Waals surface area contributed by atoms with Crippen LogP contribution in [0.4, 0.5) is 0 Å². The van der Waals surface area contributed by atoms with E-state index < -0.39 is 0 Å². The van der Waals surface area contributed by atoms with Crippen molar-refractivity contribution in [2.75, 3.05) is 6.61 Å². The maximum atomic E-state index is 14.1. The minimum atomic E-state index is -0.103. The lowest BCUT2D eigenvalue weighted by molar-refractivity contribution is 0.0974. The second-order valence-electron chi connectivity index (χ2n) is 14.3. The highest BCUT2D eigenvalue weighted by atomic mass is 32.2. The molecule has 0 atom stereocenters. The fourth-order valence-electron chi connectivity index (χ4n) is 7.67. The molecule has 0 spiro atoms. The Morgan fingerprint density at radius 1 is 0.577 bits per heavy atom. The lowest BCUT2D eigenvalue weighted by Gasteiger charge is -2.29. The highest BCUT2D eigenvalue weighted by Crippen LogP contribution is 2.42. The first kappa shape index (κ1) is 36.3. The average Bonchev–Trinajstić information content (AvgIpc) is 3.18. The highest BCUT2D eigenvalue weighted by Gasteiger charge is 2.34. The van der Waals surface area contributed by atoms with Gasteiger partial charge in [-0.2, -0.15) is 0 Å². The Balaban J connectivity index is 1.02. The third-order valence-corrected chi connectivity index (χ3v) is 12.8. The molecule has 5 heteroatoms. The molecule has 5 aromatic rings. The molecule has 2 aliphatic carbocycles. The van der Waals surface area contributed by atoms with Gasteiger partial charge in [0, 0.05) is 41.8 Å². The summed E-state index contributed by atoms with van der Waals surface area (Å²) < 4.78 is 5.82. The minimum Gasteiger partial charge on any atom is -0.494 e. The van der Waals surface area contributed by atoms with Gasteiger partial charge in [-0.15, -0.1) is 0 Å². The van der Waals surface area contributed by atoms with Crippen molar-refractivity contribution in [1.82, 2.24) is 0 Å². The summed E-state index contributed by atoms with van der Waals surface area (Å²) in [6.45, 7) is 5.13. The lowest BCUT2D eigenvalue weighted by Crippen LogP contribution is -2.22. The molecule has 266 valence electrons. The van der Waals surface area contributed by atoms with Crippen molar-refractivity contribution in [3.8, 4) is 16.9 Å². The molecular formula is C47H48O3S2. The van der Waals surface area contributed by atoms with Crippen LogP contribution in [0.15, 0.2) is 129 Å². The fraction of sp³-hybridized carbons (Fsp3) is 0.319. The molecule has 2 aliphatic rings. The number of benzene rings is 5. The maximum absolute atomic E-state index is 14.1. The summed E-state index contributed by atoms with van der Waals surface area (Å²) in [5, 5.41) is 0. The van der Waals surface area contributed by atoms with Crippen molar-refractivity contribution >= 4 is 35.1 Å². The quantitative estimate of drug-likeness (QED) is 0.105. The molecule has 0 unspecified atom stereocenters. The van der Waals surface area contributed by atoms with Crippen molar-refractivity contribution in [2.24, 2.45) is 5.92 Å². The number of ether oxygens (including phenoxy) is 1. The number of hydrogen-bond acceptors (Lipinski definition) is 5. The van der Waals surface area contributed by atoms with E-state index in [1.165, 1.54) is 91.6 Å². The van der Waals surface area contributed by atoms with E-state index in [1.54, 1.807) is 12.1 Å². The predicted molar refractivity (Wildman–Crippen MR) is 216 cm³/mol. The van der Waals surface area contributed by atoms with E-state index >= 15 is 0 Å². The van der Waals surface area contributed by atoms with E-state index in [9.17, 15) is 9.59 Å². The minimum absolute atomic E-state index is 0.100. The van der Waals surface area contributed by atoms with E-state index in [-0.39, 0.29) is 11.6 Å².